The number of carboxylic acids is 1. The smallest absolute Gasteiger partial charge is 0.320 e. The van der Waals surface area contributed by atoms with Gasteiger partial charge in [-0.2, -0.15) is 0 Å². The average molecular weight is 278 g/mol. The van der Waals surface area contributed by atoms with Gasteiger partial charge in [-0.1, -0.05) is 0 Å². The van der Waals surface area contributed by atoms with Crippen LogP contribution in [0.2, 0.25) is 0 Å². The van der Waals surface area contributed by atoms with Gasteiger partial charge < -0.3 is 20.2 Å². The van der Waals surface area contributed by atoms with E-state index >= 15 is 0 Å². The lowest BCUT2D eigenvalue weighted by Gasteiger charge is -2.28. The number of carbonyl (C=O) groups is 2. The standard InChI is InChI=1S/C11H19N3O3.ClH/c1-11(2,9(15)16)7-13-6-8-5-12-3-4-14(8)10(13)17;/h8,12H,3-7H2,1-2H3,(H,15,16);1H/t8-;/m0./s1. The maximum absolute atomic E-state index is 12.1. The van der Waals surface area contributed by atoms with Gasteiger partial charge in [-0.15, -0.1) is 12.4 Å². The first kappa shape index (κ1) is 15.0. The molecule has 0 aromatic heterocycles. The number of carboxylic acid groups (broad SMARTS) is 1. The number of rotatable bonds is 3. The van der Waals surface area contributed by atoms with Crippen LogP contribution in [0.3, 0.4) is 0 Å². The highest BCUT2D eigenvalue weighted by atomic mass is 35.5. The maximum Gasteiger partial charge on any atom is 0.320 e. The van der Waals surface area contributed by atoms with Crippen molar-refractivity contribution in [1.29, 1.82) is 0 Å². The Labute approximate surface area is 113 Å². The van der Waals surface area contributed by atoms with Gasteiger partial charge in [-0.25, -0.2) is 4.79 Å². The van der Waals surface area contributed by atoms with Crippen molar-refractivity contribution in [1.82, 2.24) is 15.1 Å². The van der Waals surface area contributed by atoms with Gasteiger partial charge in [0.15, 0.2) is 0 Å². The third kappa shape index (κ3) is 2.70. The molecule has 2 aliphatic rings. The summed E-state index contributed by atoms with van der Waals surface area (Å²) in [4.78, 5) is 26.6. The second kappa shape index (κ2) is 5.32. The van der Waals surface area contributed by atoms with E-state index in [9.17, 15) is 9.59 Å². The molecular weight excluding hydrogens is 258 g/mol. The summed E-state index contributed by atoms with van der Waals surface area (Å²) in [5.41, 5.74) is -0.891. The largest absolute Gasteiger partial charge is 0.481 e. The molecule has 104 valence electrons. The Balaban J connectivity index is 0.00000162. The fourth-order valence-corrected chi connectivity index (χ4v) is 2.37. The minimum Gasteiger partial charge on any atom is -0.481 e. The van der Waals surface area contributed by atoms with Crippen molar-refractivity contribution in [3.05, 3.63) is 0 Å². The predicted octanol–water partition coefficient (Wildman–Crippen LogP) is 0.228. The lowest BCUT2D eigenvalue weighted by atomic mass is 9.93. The van der Waals surface area contributed by atoms with Crippen LogP contribution in [-0.2, 0) is 4.79 Å². The lowest BCUT2D eigenvalue weighted by molar-refractivity contribution is -0.147. The van der Waals surface area contributed by atoms with Gasteiger partial charge in [-0.05, 0) is 13.8 Å². The maximum atomic E-state index is 12.1. The Bertz CT molecular complexity index is 348. The molecule has 2 N–H and O–H groups in total. The number of carbonyl (C=O) groups excluding carboxylic acids is 1. The van der Waals surface area contributed by atoms with Crippen LogP contribution in [-0.4, -0.2) is 65.7 Å². The van der Waals surface area contributed by atoms with E-state index in [1.807, 2.05) is 4.90 Å². The van der Waals surface area contributed by atoms with Crippen LogP contribution in [0.5, 0.6) is 0 Å². The van der Waals surface area contributed by atoms with E-state index in [-0.39, 0.29) is 31.0 Å². The van der Waals surface area contributed by atoms with Crippen LogP contribution in [0.4, 0.5) is 4.79 Å². The molecule has 2 heterocycles. The number of nitrogens with zero attached hydrogens (tertiary/aromatic N) is 2. The fraction of sp³-hybridized carbons (Fsp3) is 0.818. The highest BCUT2D eigenvalue weighted by Crippen LogP contribution is 2.23. The summed E-state index contributed by atoms with van der Waals surface area (Å²) in [6.07, 6.45) is 0. The Hall–Kier alpha value is -1.01. The van der Waals surface area contributed by atoms with Crippen molar-refractivity contribution in [2.75, 3.05) is 32.7 Å². The van der Waals surface area contributed by atoms with Crippen LogP contribution in [0.1, 0.15) is 13.8 Å². The quantitative estimate of drug-likeness (QED) is 0.775. The highest BCUT2D eigenvalue weighted by molar-refractivity contribution is 5.85. The molecule has 2 saturated heterocycles. The van der Waals surface area contributed by atoms with Gasteiger partial charge in [0.2, 0.25) is 0 Å². The molecular formula is C11H20ClN3O3. The zero-order valence-corrected chi connectivity index (χ0v) is 11.5. The molecule has 18 heavy (non-hydrogen) atoms. The zero-order valence-electron chi connectivity index (χ0n) is 10.7. The van der Waals surface area contributed by atoms with Crippen LogP contribution in [0.25, 0.3) is 0 Å². The number of nitrogens with one attached hydrogen (secondary N) is 1. The van der Waals surface area contributed by atoms with E-state index in [0.29, 0.717) is 13.1 Å². The number of hydrogen-bond donors (Lipinski definition) is 2. The van der Waals surface area contributed by atoms with Gasteiger partial charge in [-0.3, -0.25) is 4.79 Å². The summed E-state index contributed by atoms with van der Waals surface area (Å²) in [6, 6.07) is 0.173. The van der Waals surface area contributed by atoms with Crippen LogP contribution in [0.15, 0.2) is 0 Å². The van der Waals surface area contributed by atoms with Gasteiger partial charge in [0.1, 0.15) is 0 Å². The minimum absolute atomic E-state index is 0. The summed E-state index contributed by atoms with van der Waals surface area (Å²) >= 11 is 0. The summed E-state index contributed by atoms with van der Waals surface area (Å²) in [6.45, 7) is 6.54. The van der Waals surface area contributed by atoms with E-state index in [1.165, 1.54) is 0 Å². The number of urea groups is 1. The fourth-order valence-electron chi connectivity index (χ4n) is 2.37. The van der Waals surface area contributed by atoms with Crippen LogP contribution >= 0.6 is 12.4 Å². The minimum atomic E-state index is -0.891. The molecule has 0 spiro atoms. The van der Waals surface area contributed by atoms with Crippen molar-refractivity contribution in [2.24, 2.45) is 5.41 Å². The summed E-state index contributed by atoms with van der Waals surface area (Å²) < 4.78 is 0. The molecule has 0 bridgehead atoms. The number of fused-ring (bicyclic) bond motifs is 1. The third-order valence-electron chi connectivity index (χ3n) is 3.46. The second-order valence-corrected chi connectivity index (χ2v) is 5.40. The summed E-state index contributed by atoms with van der Waals surface area (Å²) in [5.74, 6) is -0.867. The van der Waals surface area contributed by atoms with Crippen molar-refractivity contribution in [3.63, 3.8) is 0 Å². The topological polar surface area (TPSA) is 72.9 Å². The molecule has 0 unspecified atom stereocenters. The van der Waals surface area contributed by atoms with Crippen molar-refractivity contribution >= 4 is 24.4 Å². The van der Waals surface area contributed by atoms with E-state index in [4.69, 9.17) is 5.11 Å². The van der Waals surface area contributed by atoms with Gasteiger partial charge in [0.05, 0.1) is 11.5 Å². The van der Waals surface area contributed by atoms with Crippen molar-refractivity contribution < 1.29 is 14.7 Å². The molecule has 0 saturated carbocycles. The zero-order chi connectivity index (χ0) is 12.6. The van der Waals surface area contributed by atoms with E-state index in [0.717, 1.165) is 13.1 Å². The predicted molar refractivity (Wildman–Crippen MR) is 69.0 cm³/mol. The Morgan fingerprint density at radius 2 is 2.22 bits per heavy atom. The molecule has 7 heteroatoms. The summed E-state index contributed by atoms with van der Waals surface area (Å²) in [7, 11) is 0. The molecule has 1 atom stereocenters. The normalized spacial score (nSPS) is 23.7. The van der Waals surface area contributed by atoms with Gasteiger partial charge in [0.25, 0.3) is 0 Å². The summed E-state index contributed by atoms with van der Waals surface area (Å²) in [5, 5.41) is 12.3. The van der Waals surface area contributed by atoms with E-state index in [1.54, 1.807) is 18.7 Å². The monoisotopic (exact) mass is 277 g/mol. The molecule has 2 fully saturated rings. The number of aliphatic carboxylic acids is 1. The molecule has 0 aromatic rings. The first-order valence-corrected chi connectivity index (χ1v) is 5.91. The van der Waals surface area contributed by atoms with E-state index < -0.39 is 11.4 Å². The Morgan fingerprint density at radius 3 is 2.78 bits per heavy atom. The molecule has 2 rings (SSSR count). The number of piperazine rings is 1. The van der Waals surface area contributed by atoms with Gasteiger partial charge in [0, 0.05) is 32.7 Å². The number of amides is 2. The van der Waals surface area contributed by atoms with E-state index in [2.05, 4.69) is 5.32 Å². The third-order valence-corrected chi connectivity index (χ3v) is 3.46. The van der Waals surface area contributed by atoms with Crippen LogP contribution in [0, 0.1) is 5.41 Å². The van der Waals surface area contributed by atoms with Crippen molar-refractivity contribution in [3.8, 4) is 0 Å². The first-order valence-electron chi connectivity index (χ1n) is 5.91. The highest BCUT2D eigenvalue weighted by Gasteiger charge is 2.41. The average Bonchev–Trinajstić information content (AvgIpc) is 2.56. The van der Waals surface area contributed by atoms with Gasteiger partial charge >= 0.3 is 12.0 Å². The molecule has 0 aliphatic carbocycles. The number of halogens is 1. The Morgan fingerprint density at radius 1 is 1.56 bits per heavy atom. The Kier molecular flexibility index (Phi) is 4.45. The second-order valence-electron chi connectivity index (χ2n) is 5.40. The molecule has 2 amide bonds. The number of hydrogen-bond acceptors (Lipinski definition) is 3. The lowest BCUT2D eigenvalue weighted by Crippen LogP contribution is -2.50. The van der Waals surface area contributed by atoms with Crippen LogP contribution < -0.4 is 5.32 Å². The SMILES string of the molecule is CC(C)(CN1C[C@@H]2CNCCN2C1=O)C(=O)O.Cl. The van der Waals surface area contributed by atoms with Crippen molar-refractivity contribution in [2.45, 2.75) is 19.9 Å². The molecule has 6 nitrogen and oxygen atoms in total. The molecule has 0 radical (unpaired) electrons. The molecule has 2 aliphatic heterocycles. The molecule has 0 aromatic carbocycles. The first-order chi connectivity index (χ1) is 7.92.